The summed E-state index contributed by atoms with van der Waals surface area (Å²) in [4.78, 5) is 4.23. The van der Waals surface area contributed by atoms with Crippen LogP contribution in [0, 0.1) is 11.8 Å². The molecule has 1 aromatic heterocycles. The first-order chi connectivity index (χ1) is 7.31. The summed E-state index contributed by atoms with van der Waals surface area (Å²) >= 11 is 0. The topological polar surface area (TPSA) is 42.7 Å². The maximum Gasteiger partial charge on any atom is 0.164 e. The third-order valence-electron chi connectivity index (χ3n) is 3.91. The predicted octanol–water partition coefficient (Wildman–Crippen LogP) is 1.09. The van der Waals surface area contributed by atoms with E-state index in [1.165, 1.54) is 25.7 Å². The van der Waals surface area contributed by atoms with E-state index in [1.54, 1.807) is 11.0 Å². The number of nitrogens with zero attached hydrogens (tertiary/aromatic N) is 3. The van der Waals surface area contributed by atoms with E-state index in [0.717, 1.165) is 30.2 Å². The zero-order valence-corrected chi connectivity index (χ0v) is 9.19. The van der Waals surface area contributed by atoms with E-state index in [-0.39, 0.29) is 0 Å². The van der Waals surface area contributed by atoms with E-state index in [9.17, 15) is 0 Å². The minimum absolute atomic E-state index is 0.729. The molecule has 82 valence electrons. The molecule has 0 spiro atoms. The van der Waals surface area contributed by atoms with E-state index in [4.69, 9.17) is 0 Å². The van der Waals surface area contributed by atoms with Crippen molar-refractivity contribution in [3.63, 3.8) is 0 Å². The van der Waals surface area contributed by atoms with Crippen LogP contribution >= 0.6 is 0 Å². The van der Waals surface area contributed by atoms with E-state index in [2.05, 4.69) is 15.4 Å². The molecule has 2 fully saturated rings. The summed E-state index contributed by atoms with van der Waals surface area (Å²) < 4.78 is 1.76. The van der Waals surface area contributed by atoms with Crippen LogP contribution < -0.4 is 5.32 Å². The van der Waals surface area contributed by atoms with Crippen LogP contribution in [0.15, 0.2) is 6.33 Å². The second kappa shape index (κ2) is 3.59. The van der Waals surface area contributed by atoms with Crippen molar-refractivity contribution in [1.29, 1.82) is 0 Å². The van der Waals surface area contributed by atoms with Gasteiger partial charge in [0, 0.05) is 13.1 Å². The van der Waals surface area contributed by atoms with Crippen LogP contribution in [0.2, 0.25) is 0 Å². The number of hydrogen-bond donors (Lipinski definition) is 1. The number of hydrogen-bond acceptors (Lipinski definition) is 3. The van der Waals surface area contributed by atoms with Gasteiger partial charge in [-0.25, -0.2) is 4.98 Å². The molecule has 0 aliphatic heterocycles. The van der Waals surface area contributed by atoms with Gasteiger partial charge < -0.3 is 5.32 Å². The average Bonchev–Trinajstić information content (AvgIpc) is 2.90. The largest absolute Gasteiger partial charge is 0.307 e. The third kappa shape index (κ3) is 1.78. The van der Waals surface area contributed by atoms with Gasteiger partial charge in [-0.15, -0.1) is 0 Å². The van der Waals surface area contributed by atoms with Crippen molar-refractivity contribution in [2.45, 2.75) is 38.3 Å². The van der Waals surface area contributed by atoms with Crippen LogP contribution in [0.3, 0.4) is 0 Å². The minimum atomic E-state index is 0.729. The van der Waals surface area contributed by atoms with Crippen LogP contribution in [0.4, 0.5) is 0 Å². The number of aromatic nitrogens is 3. The molecule has 3 rings (SSSR count). The Balaban J connectivity index is 1.54. The molecular weight excluding hydrogens is 188 g/mol. The predicted molar refractivity (Wildman–Crippen MR) is 57.1 cm³/mol. The molecule has 0 saturated heterocycles. The highest BCUT2D eigenvalue weighted by Gasteiger charge is 2.39. The maximum absolute atomic E-state index is 4.28. The molecule has 2 aliphatic carbocycles. The molecule has 3 unspecified atom stereocenters. The van der Waals surface area contributed by atoms with Crippen molar-refractivity contribution in [2.75, 3.05) is 0 Å². The van der Waals surface area contributed by atoms with Crippen LogP contribution in [0.25, 0.3) is 0 Å². The smallest absolute Gasteiger partial charge is 0.164 e. The van der Waals surface area contributed by atoms with E-state index < -0.39 is 0 Å². The summed E-state index contributed by atoms with van der Waals surface area (Å²) in [5.41, 5.74) is 0. The second-order valence-corrected chi connectivity index (χ2v) is 5.00. The Morgan fingerprint density at radius 2 is 2.40 bits per heavy atom. The maximum atomic E-state index is 4.28. The van der Waals surface area contributed by atoms with Crippen LogP contribution in [-0.4, -0.2) is 20.8 Å². The number of aryl methyl sites for hydroxylation is 1. The highest BCUT2D eigenvalue weighted by Crippen LogP contribution is 2.44. The zero-order chi connectivity index (χ0) is 10.3. The minimum Gasteiger partial charge on any atom is -0.307 e. The van der Waals surface area contributed by atoms with Gasteiger partial charge in [0.05, 0.1) is 6.54 Å². The first kappa shape index (κ1) is 9.33. The normalized spacial score (nSPS) is 33.8. The standard InChI is InChI=1S/C11H18N4/c1-15-7-13-11(14-15)6-12-10-5-8-2-3-9(10)4-8/h7-10,12H,2-6H2,1H3. The zero-order valence-electron chi connectivity index (χ0n) is 9.19. The highest BCUT2D eigenvalue weighted by molar-refractivity contribution is 4.95. The van der Waals surface area contributed by atoms with Crippen molar-refractivity contribution in [1.82, 2.24) is 20.1 Å². The highest BCUT2D eigenvalue weighted by atomic mass is 15.3. The molecule has 2 bridgehead atoms. The Labute approximate surface area is 90.1 Å². The lowest BCUT2D eigenvalue weighted by Crippen LogP contribution is -2.33. The Hall–Kier alpha value is -0.900. The molecule has 0 aromatic carbocycles. The average molecular weight is 206 g/mol. The summed E-state index contributed by atoms with van der Waals surface area (Å²) in [6, 6.07) is 0.729. The lowest BCUT2D eigenvalue weighted by molar-refractivity contribution is 0.348. The van der Waals surface area contributed by atoms with Crippen molar-refractivity contribution >= 4 is 0 Å². The molecule has 3 atom stereocenters. The fourth-order valence-corrected chi connectivity index (χ4v) is 3.18. The van der Waals surface area contributed by atoms with Gasteiger partial charge in [-0.05, 0) is 31.1 Å². The summed E-state index contributed by atoms with van der Waals surface area (Å²) in [5.74, 6) is 2.85. The van der Waals surface area contributed by atoms with E-state index in [1.807, 2.05) is 7.05 Å². The molecule has 1 aromatic rings. The van der Waals surface area contributed by atoms with E-state index >= 15 is 0 Å². The van der Waals surface area contributed by atoms with Crippen LogP contribution in [0.1, 0.15) is 31.5 Å². The van der Waals surface area contributed by atoms with Gasteiger partial charge in [-0.2, -0.15) is 5.10 Å². The van der Waals surface area contributed by atoms with Gasteiger partial charge in [-0.1, -0.05) is 6.42 Å². The second-order valence-electron chi connectivity index (χ2n) is 5.00. The van der Waals surface area contributed by atoms with Crippen molar-refractivity contribution in [3.05, 3.63) is 12.2 Å². The molecule has 1 N–H and O–H groups in total. The number of nitrogens with one attached hydrogen (secondary N) is 1. The molecule has 2 aliphatic rings. The molecule has 0 radical (unpaired) electrons. The molecule has 1 heterocycles. The fraction of sp³-hybridized carbons (Fsp3) is 0.818. The quantitative estimate of drug-likeness (QED) is 0.805. The number of rotatable bonds is 3. The van der Waals surface area contributed by atoms with Crippen molar-refractivity contribution in [2.24, 2.45) is 18.9 Å². The molecule has 2 saturated carbocycles. The van der Waals surface area contributed by atoms with Gasteiger partial charge in [0.15, 0.2) is 5.82 Å². The van der Waals surface area contributed by atoms with Gasteiger partial charge in [0.2, 0.25) is 0 Å². The fourth-order valence-electron chi connectivity index (χ4n) is 3.18. The monoisotopic (exact) mass is 206 g/mol. The Bertz CT molecular complexity index is 346. The van der Waals surface area contributed by atoms with Gasteiger partial charge in [0.25, 0.3) is 0 Å². The van der Waals surface area contributed by atoms with Gasteiger partial charge in [0.1, 0.15) is 6.33 Å². The summed E-state index contributed by atoms with van der Waals surface area (Å²) in [6.07, 6.45) is 7.48. The summed E-state index contributed by atoms with van der Waals surface area (Å²) in [7, 11) is 1.91. The summed E-state index contributed by atoms with van der Waals surface area (Å²) in [5, 5.41) is 7.88. The lowest BCUT2D eigenvalue weighted by atomic mass is 9.95. The first-order valence-corrected chi connectivity index (χ1v) is 5.89. The van der Waals surface area contributed by atoms with Gasteiger partial charge >= 0.3 is 0 Å². The lowest BCUT2D eigenvalue weighted by Gasteiger charge is -2.22. The summed E-state index contributed by atoms with van der Waals surface area (Å²) in [6.45, 7) is 0.828. The SMILES string of the molecule is Cn1cnc(CNC2CC3CCC2C3)n1. The Morgan fingerprint density at radius 1 is 1.47 bits per heavy atom. The van der Waals surface area contributed by atoms with Crippen molar-refractivity contribution in [3.8, 4) is 0 Å². The molecule has 4 nitrogen and oxygen atoms in total. The molecule has 0 amide bonds. The van der Waals surface area contributed by atoms with Gasteiger partial charge in [-0.3, -0.25) is 4.68 Å². The van der Waals surface area contributed by atoms with Crippen LogP contribution in [-0.2, 0) is 13.6 Å². The van der Waals surface area contributed by atoms with Crippen molar-refractivity contribution < 1.29 is 0 Å². The van der Waals surface area contributed by atoms with E-state index in [0.29, 0.717) is 0 Å². The Kier molecular flexibility index (Phi) is 2.24. The molecule has 4 heteroatoms. The molecule has 15 heavy (non-hydrogen) atoms. The third-order valence-corrected chi connectivity index (χ3v) is 3.91. The molecular formula is C11H18N4. The first-order valence-electron chi connectivity index (χ1n) is 5.89. The van der Waals surface area contributed by atoms with Crippen LogP contribution in [0.5, 0.6) is 0 Å². The Morgan fingerprint density at radius 3 is 3.00 bits per heavy atom. The number of fused-ring (bicyclic) bond motifs is 2.